The number of benzene rings is 2. The molecule has 0 bridgehead atoms. The van der Waals surface area contributed by atoms with Crippen LogP contribution in [0.1, 0.15) is 18.1 Å². The van der Waals surface area contributed by atoms with Crippen LogP contribution in [0.5, 0.6) is 0 Å². The van der Waals surface area contributed by atoms with Crippen molar-refractivity contribution in [1.29, 1.82) is 0 Å². The van der Waals surface area contributed by atoms with E-state index in [1.807, 2.05) is 18.2 Å². The summed E-state index contributed by atoms with van der Waals surface area (Å²) in [5, 5.41) is 0. The first kappa shape index (κ1) is 20.8. The van der Waals surface area contributed by atoms with Gasteiger partial charge in [-0.15, -0.1) is 0 Å². The summed E-state index contributed by atoms with van der Waals surface area (Å²) in [4.78, 5) is 16.0. The molecule has 4 rings (SSSR count). The average molecular weight is 426 g/mol. The highest BCUT2D eigenvalue weighted by molar-refractivity contribution is 7.89. The standard InChI is InChI=1S/C23H27N3O3S/c1-19(27)26-13-11-21-18-22(9-10-23(21)26)30(28,29)25-16-14-24(15-17-25)12-5-8-20-6-3-2-4-7-20/h2-10,18H,11-17H2,1H3/b8-5+. The van der Waals surface area contributed by atoms with Crippen LogP contribution in [-0.4, -0.2) is 62.8 Å². The number of carbonyl (C=O) groups excluding carboxylic acids is 1. The maximum Gasteiger partial charge on any atom is 0.243 e. The highest BCUT2D eigenvalue weighted by atomic mass is 32.2. The van der Waals surface area contributed by atoms with Crippen LogP contribution in [0.4, 0.5) is 5.69 Å². The normalized spacial score (nSPS) is 18.1. The summed E-state index contributed by atoms with van der Waals surface area (Å²) in [5.74, 6) is -0.0122. The van der Waals surface area contributed by atoms with Gasteiger partial charge in [-0.25, -0.2) is 8.42 Å². The van der Waals surface area contributed by atoms with E-state index in [-0.39, 0.29) is 5.91 Å². The van der Waals surface area contributed by atoms with Gasteiger partial charge in [-0.2, -0.15) is 4.31 Å². The molecule has 1 fully saturated rings. The quantitative estimate of drug-likeness (QED) is 0.739. The van der Waals surface area contributed by atoms with Crippen LogP contribution in [0.15, 0.2) is 59.5 Å². The van der Waals surface area contributed by atoms with Gasteiger partial charge in [0.15, 0.2) is 0 Å². The molecule has 0 radical (unpaired) electrons. The lowest BCUT2D eigenvalue weighted by Gasteiger charge is -2.33. The van der Waals surface area contributed by atoms with Crippen molar-refractivity contribution in [3.8, 4) is 0 Å². The molecule has 7 heteroatoms. The third-order valence-electron chi connectivity index (χ3n) is 5.77. The van der Waals surface area contributed by atoms with Crippen molar-refractivity contribution in [2.45, 2.75) is 18.2 Å². The Morgan fingerprint density at radius 2 is 1.73 bits per heavy atom. The van der Waals surface area contributed by atoms with Gasteiger partial charge < -0.3 is 4.90 Å². The summed E-state index contributed by atoms with van der Waals surface area (Å²) < 4.78 is 27.8. The first-order valence-corrected chi connectivity index (χ1v) is 11.7. The third kappa shape index (κ3) is 4.33. The predicted octanol–water partition coefficient (Wildman–Crippen LogP) is 2.62. The minimum absolute atomic E-state index is 0.0122. The number of amides is 1. The second-order valence-electron chi connectivity index (χ2n) is 7.73. The largest absolute Gasteiger partial charge is 0.312 e. The second-order valence-corrected chi connectivity index (χ2v) is 9.67. The molecule has 1 amide bonds. The molecule has 1 saturated heterocycles. The smallest absolute Gasteiger partial charge is 0.243 e. The molecule has 2 aromatic carbocycles. The molecule has 2 aliphatic heterocycles. The fraction of sp³-hybridized carbons (Fsp3) is 0.348. The number of sulfonamides is 1. The van der Waals surface area contributed by atoms with E-state index in [0.29, 0.717) is 44.0 Å². The summed E-state index contributed by atoms with van der Waals surface area (Å²) >= 11 is 0. The SMILES string of the molecule is CC(=O)N1CCc2cc(S(=O)(=O)N3CCN(C/C=C/c4ccccc4)CC3)ccc21. The van der Waals surface area contributed by atoms with Gasteiger partial charge in [0.2, 0.25) is 15.9 Å². The molecular formula is C23H27N3O3S. The van der Waals surface area contributed by atoms with Gasteiger partial charge in [0, 0.05) is 51.9 Å². The van der Waals surface area contributed by atoms with Crippen molar-refractivity contribution in [3.63, 3.8) is 0 Å². The Bertz CT molecular complexity index is 1040. The number of carbonyl (C=O) groups is 1. The van der Waals surface area contributed by atoms with E-state index in [9.17, 15) is 13.2 Å². The first-order chi connectivity index (χ1) is 14.4. The number of nitrogens with zero attached hydrogens (tertiary/aromatic N) is 3. The van der Waals surface area contributed by atoms with E-state index in [1.54, 1.807) is 27.4 Å². The summed E-state index contributed by atoms with van der Waals surface area (Å²) in [6, 6.07) is 15.3. The molecule has 158 valence electrons. The second kappa shape index (κ2) is 8.71. The van der Waals surface area contributed by atoms with E-state index in [2.05, 4.69) is 29.2 Å². The van der Waals surface area contributed by atoms with Crippen LogP contribution < -0.4 is 4.90 Å². The van der Waals surface area contributed by atoms with Gasteiger partial charge in [-0.05, 0) is 35.7 Å². The Morgan fingerprint density at radius 3 is 2.43 bits per heavy atom. The van der Waals surface area contributed by atoms with Crippen LogP contribution in [0.25, 0.3) is 6.08 Å². The topological polar surface area (TPSA) is 60.9 Å². The van der Waals surface area contributed by atoms with Crippen molar-refractivity contribution in [2.75, 3.05) is 44.2 Å². The van der Waals surface area contributed by atoms with Crippen LogP contribution in [0, 0.1) is 0 Å². The van der Waals surface area contributed by atoms with Crippen molar-refractivity contribution in [3.05, 3.63) is 65.7 Å². The number of anilines is 1. The summed E-state index contributed by atoms with van der Waals surface area (Å²) in [7, 11) is -3.52. The van der Waals surface area contributed by atoms with Gasteiger partial charge in [-0.1, -0.05) is 42.5 Å². The number of hydrogen-bond acceptors (Lipinski definition) is 4. The highest BCUT2D eigenvalue weighted by Crippen LogP contribution is 2.31. The van der Waals surface area contributed by atoms with E-state index in [0.717, 1.165) is 17.8 Å². The average Bonchev–Trinajstić information content (AvgIpc) is 3.18. The zero-order valence-electron chi connectivity index (χ0n) is 17.2. The molecular weight excluding hydrogens is 398 g/mol. The Labute approximate surface area is 178 Å². The van der Waals surface area contributed by atoms with Crippen LogP contribution in [0.2, 0.25) is 0 Å². The van der Waals surface area contributed by atoms with Crippen molar-refractivity contribution in [2.24, 2.45) is 0 Å². The Morgan fingerprint density at radius 1 is 1.00 bits per heavy atom. The van der Waals surface area contributed by atoms with Crippen molar-refractivity contribution >= 4 is 27.7 Å². The van der Waals surface area contributed by atoms with Crippen molar-refractivity contribution < 1.29 is 13.2 Å². The van der Waals surface area contributed by atoms with E-state index in [1.165, 1.54) is 12.5 Å². The van der Waals surface area contributed by atoms with Gasteiger partial charge in [0.25, 0.3) is 0 Å². The molecule has 2 aromatic rings. The van der Waals surface area contributed by atoms with Crippen molar-refractivity contribution in [1.82, 2.24) is 9.21 Å². The van der Waals surface area contributed by atoms with E-state index >= 15 is 0 Å². The molecule has 0 spiro atoms. The zero-order valence-corrected chi connectivity index (χ0v) is 18.0. The molecule has 0 aromatic heterocycles. The molecule has 2 heterocycles. The lowest BCUT2D eigenvalue weighted by Crippen LogP contribution is -2.48. The Hall–Kier alpha value is -2.48. The van der Waals surface area contributed by atoms with Crippen LogP contribution in [0.3, 0.4) is 0 Å². The van der Waals surface area contributed by atoms with E-state index < -0.39 is 10.0 Å². The van der Waals surface area contributed by atoms with Gasteiger partial charge in [-0.3, -0.25) is 9.69 Å². The molecule has 0 unspecified atom stereocenters. The highest BCUT2D eigenvalue weighted by Gasteiger charge is 2.30. The van der Waals surface area contributed by atoms with Crippen LogP contribution >= 0.6 is 0 Å². The number of piperazine rings is 1. The van der Waals surface area contributed by atoms with E-state index in [4.69, 9.17) is 0 Å². The number of hydrogen-bond donors (Lipinski definition) is 0. The molecule has 30 heavy (non-hydrogen) atoms. The maximum atomic E-state index is 13.1. The van der Waals surface area contributed by atoms with Crippen LogP contribution in [-0.2, 0) is 21.2 Å². The molecule has 0 atom stereocenters. The van der Waals surface area contributed by atoms with Gasteiger partial charge >= 0.3 is 0 Å². The molecule has 0 N–H and O–H groups in total. The Balaban J connectivity index is 1.37. The lowest BCUT2D eigenvalue weighted by atomic mass is 10.2. The fourth-order valence-corrected chi connectivity index (χ4v) is 5.54. The lowest BCUT2D eigenvalue weighted by molar-refractivity contribution is -0.116. The summed E-state index contributed by atoms with van der Waals surface area (Å²) in [5.41, 5.74) is 2.92. The fourth-order valence-electron chi connectivity index (χ4n) is 4.07. The molecule has 6 nitrogen and oxygen atoms in total. The molecule has 0 aliphatic carbocycles. The number of rotatable bonds is 5. The molecule has 0 saturated carbocycles. The minimum atomic E-state index is -3.52. The van der Waals surface area contributed by atoms with Gasteiger partial charge in [0.05, 0.1) is 4.90 Å². The summed E-state index contributed by atoms with van der Waals surface area (Å²) in [6.07, 6.45) is 4.92. The predicted molar refractivity (Wildman–Crippen MR) is 119 cm³/mol. The maximum absolute atomic E-state index is 13.1. The first-order valence-electron chi connectivity index (χ1n) is 10.3. The monoisotopic (exact) mass is 425 g/mol. The number of fused-ring (bicyclic) bond motifs is 1. The zero-order chi connectivity index (χ0) is 21.1. The third-order valence-corrected chi connectivity index (χ3v) is 7.66. The summed E-state index contributed by atoms with van der Waals surface area (Å²) in [6.45, 7) is 5.35. The van der Waals surface area contributed by atoms with Gasteiger partial charge in [0.1, 0.15) is 0 Å². The molecule has 2 aliphatic rings. The Kier molecular flexibility index (Phi) is 6.04. The minimum Gasteiger partial charge on any atom is -0.312 e.